The smallest absolute Gasteiger partial charge is 0.359 e. The molecule has 1 aliphatic carbocycles. The van der Waals surface area contributed by atoms with Crippen molar-refractivity contribution in [1.82, 2.24) is 14.7 Å². The minimum absolute atomic E-state index is 0.0329. The van der Waals surface area contributed by atoms with Crippen LogP contribution in [-0.4, -0.2) is 39.8 Å². The van der Waals surface area contributed by atoms with Gasteiger partial charge in [0, 0.05) is 44.2 Å². The van der Waals surface area contributed by atoms with Gasteiger partial charge in [0.1, 0.15) is 6.10 Å². The lowest BCUT2D eigenvalue weighted by molar-refractivity contribution is -0.0686. The van der Waals surface area contributed by atoms with E-state index >= 15 is 0 Å². The molecule has 2 atom stereocenters. The van der Waals surface area contributed by atoms with Crippen LogP contribution in [-0.2, 0) is 18.3 Å². The number of rotatable bonds is 4. The Morgan fingerprint density at radius 3 is 2.50 bits per heavy atom. The molecule has 1 saturated carbocycles. The average molecular weight is 353 g/mol. The highest BCUT2D eigenvalue weighted by Gasteiger charge is 2.42. The number of hydrogen-bond donors (Lipinski definition) is 0. The zero-order valence-electron chi connectivity index (χ0n) is 15.6. The molecule has 2 aromatic rings. The summed E-state index contributed by atoms with van der Waals surface area (Å²) in [6.07, 6.45) is 3.55. The highest BCUT2D eigenvalue weighted by atomic mass is 16.5. The highest BCUT2D eigenvalue weighted by molar-refractivity contribution is 5.87. The first kappa shape index (κ1) is 17.3. The number of benzene rings is 1. The molecule has 1 aliphatic heterocycles. The monoisotopic (exact) mass is 353 g/mol. The van der Waals surface area contributed by atoms with Crippen molar-refractivity contribution < 1.29 is 9.53 Å². The zero-order valence-corrected chi connectivity index (χ0v) is 15.6. The molecule has 1 aromatic heterocycles. The Hall–Kier alpha value is -2.14. The Morgan fingerprint density at radius 2 is 1.88 bits per heavy atom. The van der Waals surface area contributed by atoms with Crippen molar-refractivity contribution in [3.63, 3.8) is 0 Å². The van der Waals surface area contributed by atoms with E-state index in [-0.39, 0.29) is 12.1 Å². The van der Waals surface area contributed by atoms with Crippen LogP contribution in [0.4, 0.5) is 0 Å². The number of fused-ring (bicyclic) bond motifs is 2. The van der Waals surface area contributed by atoms with E-state index in [4.69, 9.17) is 4.74 Å². The fourth-order valence-corrected chi connectivity index (χ4v) is 4.49. The van der Waals surface area contributed by atoms with Gasteiger partial charge in [-0.05, 0) is 31.4 Å². The number of likely N-dealkylation sites (tertiary alicyclic amines) is 1. The summed E-state index contributed by atoms with van der Waals surface area (Å²) in [5, 5.41) is 4.27. The molecule has 2 fully saturated rings. The standard InChI is InChI=1S/C21H27N3O2/c1-15-11-19(22-23(15)2)21(25)26-20-17-9-6-10-18(20)14-24(13-17)12-16-7-4-3-5-8-16/h3-5,7-8,11,17-18,20H,6,9-10,12-14H2,1-2H3. The lowest BCUT2D eigenvalue weighted by Gasteiger charge is -2.46. The molecule has 4 rings (SSSR count). The molecule has 0 spiro atoms. The second kappa shape index (κ2) is 7.23. The van der Waals surface area contributed by atoms with Crippen LogP contribution in [0.5, 0.6) is 0 Å². The van der Waals surface area contributed by atoms with Gasteiger partial charge in [-0.3, -0.25) is 9.58 Å². The van der Waals surface area contributed by atoms with Gasteiger partial charge in [-0.25, -0.2) is 4.79 Å². The number of carbonyl (C=O) groups excluding carboxylic acids is 1. The van der Waals surface area contributed by atoms with Crippen LogP contribution in [0.25, 0.3) is 0 Å². The minimum Gasteiger partial charge on any atom is -0.457 e. The van der Waals surface area contributed by atoms with E-state index in [1.54, 1.807) is 4.68 Å². The lowest BCUT2D eigenvalue weighted by atomic mass is 9.75. The first-order chi connectivity index (χ1) is 12.6. The molecule has 0 amide bonds. The third kappa shape index (κ3) is 3.54. The summed E-state index contributed by atoms with van der Waals surface area (Å²) in [6, 6.07) is 12.4. The van der Waals surface area contributed by atoms with E-state index < -0.39 is 0 Å². The highest BCUT2D eigenvalue weighted by Crippen LogP contribution is 2.37. The fraction of sp³-hybridized carbons (Fsp3) is 0.524. The maximum absolute atomic E-state index is 12.6. The van der Waals surface area contributed by atoms with Crippen molar-refractivity contribution in [2.75, 3.05) is 13.1 Å². The van der Waals surface area contributed by atoms with E-state index in [0.717, 1.165) is 38.2 Å². The predicted molar refractivity (Wildman–Crippen MR) is 99.7 cm³/mol. The molecular formula is C21H27N3O2. The largest absolute Gasteiger partial charge is 0.457 e. The Bertz CT molecular complexity index is 737. The number of ether oxygens (including phenoxy) is 1. The van der Waals surface area contributed by atoms with Gasteiger partial charge in [-0.1, -0.05) is 36.8 Å². The van der Waals surface area contributed by atoms with E-state index in [1.807, 2.05) is 20.0 Å². The van der Waals surface area contributed by atoms with E-state index in [9.17, 15) is 4.79 Å². The van der Waals surface area contributed by atoms with Gasteiger partial charge in [0.15, 0.2) is 5.69 Å². The second-order valence-corrected chi connectivity index (χ2v) is 7.80. The molecule has 1 aromatic carbocycles. The van der Waals surface area contributed by atoms with Crippen LogP contribution in [0.1, 0.15) is 41.0 Å². The molecule has 1 saturated heterocycles. The van der Waals surface area contributed by atoms with Gasteiger partial charge < -0.3 is 4.74 Å². The summed E-state index contributed by atoms with van der Waals surface area (Å²) in [4.78, 5) is 15.1. The summed E-state index contributed by atoms with van der Waals surface area (Å²) in [6.45, 7) is 4.93. The number of hydrogen-bond acceptors (Lipinski definition) is 4. The topological polar surface area (TPSA) is 47.4 Å². The van der Waals surface area contributed by atoms with E-state index in [1.165, 1.54) is 12.0 Å². The molecule has 2 unspecified atom stereocenters. The summed E-state index contributed by atoms with van der Waals surface area (Å²) in [5.74, 6) is 0.590. The van der Waals surface area contributed by atoms with Gasteiger partial charge in [-0.2, -0.15) is 5.10 Å². The van der Waals surface area contributed by atoms with Crippen molar-refractivity contribution in [2.24, 2.45) is 18.9 Å². The molecule has 5 nitrogen and oxygen atoms in total. The van der Waals surface area contributed by atoms with Gasteiger partial charge in [0.25, 0.3) is 0 Å². The molecule has 26 heavy (non-hydrogen) atoms. The number of carbonyl (C=O) groups is 1. The number of aromatic nitrogens is 2. The normalized spacial score (nSPS) is 25.8. The molecule has 0 N–H and O–H groups in total. The third-order valence-electron chi connectivity index (χ3n) is 5.88. The Balaban J connectivity index is 1.43. The van der Waals surface area contributed by atoms with E-state index in [2.05, 4.69) is 40.3 Å². The van der Waals surface area contributed by atoms with E-state index in [0.29, 0.717) is 17.5 Å². The fourth-order valence-electron chi connectivity index (χ4n) is 4.49. The van der Waals surface area contributed by atoms with Crippen LogP contribution < -0.4 is 0 Å². The quantitative estimate of drug-likeness (QED) is 0.792. The number of esters is 1. The average Bonchev–Trinajstić information content (AvgIpc) is 2.95. The first-order valence-corrected chi connectivity index (χ1v) is 9.58. The molecule has 138 valence electrons. The number of nitrogens with zero attached hydrogens (tertiary/aromatic N) is 3. The molecule has 2 bridgehead atoms. The van der Waals surface area contributed by atoms with Crippen LogP contribution in [0.15, 0.2) is 36.4 Å². The van der Waals surface area contributed by atoms with Crippen molar-refractivity contribution in [3.05, 3.63) is 53.3 Å². The van der Waals surface area contributed by atoms with Crippen molar-refractivity contribution >= 4 is 5.97 Å². The van der Waals surface area contributed by atoms with Crippen molar-refractivity contribution in [3.8, 4) is 0 Å². The van der Waals surface area contributed by atoms with Gasteiger partial charge in [0.2, 0.25) is 0 Å². The van der Waals surface area contributed by atoms with Crippen LogP contribution >= 0.6 is 0 Å². The number of piperidine rings is 1. The van der Waals surface area contributed by atoms with Crippen LogP contribution in [0.3, 0.4) is 0 Å². The van der Waals surface area contributed by atoms with Gasteiger partial charge >= 0.3 is 5.97 Å². The first-order valence-electron chi connectivity index (χ1n) is 9.58. The van der Waals surface area contributed by atoms with Crippen LogP contribution in [0, 0.1) is 18.8 Å². The Morgan fingerprint density at radius 1 is 1.19 bits per heavy atom. The number of aryl methyl sites for hydroxylation is 2. The minimum atomic E-state index is -0.271. The van der Waals surface area contributed by atoms with Gasteiger partial charge in [-0.15, -0.1) is 0 Å². The Kier molecular flexibility index (Phi) is 4.81. The van der Waals surface area contributed by atoms with Crippen LogP contribution in [0.2, 0.25) is 0 Å². The maximum Gasteiger partial charge on any atom is 0.359 e. The summed E-state index contributed by atoms with van der Waals surface area (Å²) < 4.78 is 7.69. The summed E-state index contributed by atoms with van der Waals surface area (Å²) >= 11 is 0. The molecule has 2 heterocycles. The summed E-state index contributed by atoms with van der Waals surface area (Å²) in [7, 11) is 1.85. The molecule has 0 radical (unpaired) electrons. The Labute approximate surface area is 154 Å². The molecule has 2 aliphatic rings. The lowest BCUT2D eigenvalue weighted by Crippen LogP contribution is -2.52. The third-order valence-corrected chi connectivity index (χ3v) is 5.88. The maximum atomic E-state index is 12.6. The van der Waals surface area contributed by atoms with Crippen molar-refractivity contribution in [2.45, 2.75) is 38.8 Å². The van der Waals surface area contributed by atoms with Crippen molar-refractivity contribution in [1.29, 1.82) is 0 Å². The molecule has 5 heteroatoms. The molecular weight excluding hydrogens is 326 g/mol. The summed E-state index contributed by atoms with van der Waals surface area (Å²) in [5.41, 5.74) is 2.74. The van der Waals surface area contributed by atoms with Gasteiger partial charge in [0.05, 0.1) is 0 Å². The zero-order chi connectivity index (χ0) is 18.1. The SMILES string of the molecule is Cc1cc(C(=O)OC2C3CCCC2CN(Cc2ccccc2)C3)nn1C. The predicted octanol–water partition coefficient (Wildman–Crippen LogP) is 3.19. The second-order valence-electron chi connectivity index (χ2n) is 7.80.